The van der Waals surface area contributed by atoms with Crippen LogP contribution >= 0.6 is 11.6 Å². The van der Waals surface area contributed by atoms with Crippen LogP contribution < -0.4 is 0 Å². The Balaban J connectivity index is 1.29. The van der Waals surface area contributed by atoms with Gasteiger partial charge in [0.25, 0.3) is 5.91 Å². The first-order valence-electron chi connectivity index (χ1n) is 9.88. The van der Waals surface area contributed by atoms with Crippen LogP contribution in [-0.4, -0.2) is 47.4 Å². The summed E-state index contributed by atoms with van der Waals surface area (Å²) in [6.07, 6.45) is 2.23. The summed E-state index contributed by atoms with van der Waals surface area (Å²) in [6, 6.07) is 18.0. The first-order valence-corrected chi connectivity index (χ1v) is 10.3. The Morgan fingerprint density at radius 1 is 1.14 bits per heavy atom. The van der Waals surface area contributed by atoms with E-state index in [-0.39, 0.29) is 5.91 Å². The molecular weight excluding hydrogens is 370 g/mol. The molecule has 4 rings (SSSR count). The maximum absolute atomic E-state index is 12.8. The van der Waals surface area contributed by atoms with Crippen molar-refractivity contribution in [2.24, 2.45) is 5.92 Å². The summed E-state index contributed by atoms with van der Waals surface area (Å²) >= 11 is 6.09. The lowest BCUT2D eigenvalue weighted by molar-refractivity contribution is 0.0733. The lowest BCUT2D eigenvalue weighted by Gasteiger charge is -2.33. The van der Waals surface area contributed by atoms with Gasteiger partial charge in [0.05, 0.1) is 0 Å². The predicted molar refractivity (Wildman–Crippen MR) is 115 cm³/mol. The van der Waals surface area contributed by atoms with Crippen LogP contribution in [-0.2, 0) is 6.54 Å². The van der Waals surface area contributed by atoms with E-state index < -0.39 is 0 Å². The number of carbonyl (C=O) groups is 1. The normalized spacial score (nSPS) is 15.8. The predicted octanol–water partition coefficient (Wildman–Crippen LogP) is 4.81. The van der Waals surface area contributed by atoms with Crippen LogP contribution in [0.3, 0.4) is 0 Å². The molecule has 1 aliphatic heterocycles. The minimum absolute atomic E-state index is 0.0672. The van der Waals surface area contributed by atoms with Crippen LogP contribution in [0.15, 0.2) is 54.6 Å². The van der Waals surface area contributed by atoms with Crippen molar-refractivity contribution in [3.8, 4) is 0 Å². The topological polar surface area (TPSA) is 39.3 Å². The minimum Gasteiger partial charge on any atom is -0.351 e. The molecule has 1 aliphatic rings. The zero-order valence-corrected chi connectivity index (χ0v) is 17.0. The van der Waals surface area contributed by atoms with E-state index in [2.05, 4.69) is 16.0 Å². The Bertz CT molecular complexity index is 926. The number of carbonyl (C=O) groups excluding carboxylic acids is 1. The highest BCUT2D eigenvalue weighted by atomic mass is 35.5. The van der Waals surface area contributed by atoms with Gasteiger partial charge in [-0.15, -0.1) is 0 Å². The maximum atomic E-state index is 12.8. The van der Waals surface area contributed by atoms with Crippen molar-refractivity contribution < 1.29 is 4.79 Å². The molecule has 0 spiro atoms. The van der Waals surface area contributed by atoms with Crippen LogP contribution in [0.4, 0.5) is 0 Å². The monoisotopic (exact) mass is 395 g/mol. The number of likely N-dealkylation sites (tertiary alicyclic amines) is 1. The van der Waals surface area contributed by atoms with Gasteiger partial charge in [-0.25, -0.2) is 0 Å². The number of piperidine rings is 1. The maximum Gasteiger partial charge on any atom is 0.270 e. The average molecular weight is 396 g/mol. The van der Waals surface area contributed by atoms with E-state index in [1.165, 1.54) is 5.56 Å². The zero-order valence-electron chi connectivity index (χ0n) is 16.2. The second-order valence-electron chi connectivity index (χ2n) is 7.81. The van der Waals surface area contributed by atoms with E-state index in [9.17, 15) is 4.79 Å². The van der Waals surface area contributed by atoms with E-state index in [1.807, 2.05) is 60.5 Å². The van der Waals surface area contributed by atoms with Gasteiger partial charge in [-0.05, 0) is 61.7 Å². The quantitative estimate of drug-likeness (QED) is 0.673. The van der Waals surface area contributed by atoms with E-state index in [0.717, 1.165) is 54.9 Å². The van der Waals surface area contributed by atoms with Gasteiger partial charge in [-0.2, -0.15) is 0 Å². The molecule has 1 aromatic heterocycles. The number of H-pyrrole nitrogens is 1. The Morgan fingerprint density at radius 3 is 2.68 bits per heavy atom. The second-order valence-corrected chi connectivity index (χ2v) is 8.24. The fourth-order valence-corrected chi connectivity index (χ4v) is 4.30. The van der Waals surface area contributed by atoms with Crippen LogP contribution in [0.2, 0.25) is 5.02 Å². The van der Waals surface area contributed by atoms with E-state index in [1.54, 1.807) is 0 Å². The fourth-order valence-electron chi connectivity index (χ4n) is 4.09. The van der Waals surface area contributed by atoms with Crippen molar-refractivity contribution in [1.29, 1.82) is 0 Å². The molecule has 0 aliphatic carbocycles. The number of hydrogen-bond donors (Lipinski definition) is 1. The van der Waals surface area contributed by atoms with Gasteiger partial charge in [-0.1, -0.05) is 41.9 Å². The first kappa shape index (κ1) is 19.0. The average Bonchev–Trinajstić information content (AvgIpc) is 3.13. The summed E-state index contributed by atoms with van der Waals surface area (Å²) in [4.78, 5) is 20.4. The van der Waals surface area contributed by atoms with E-state index in [4.69, 9.17) is 11.6 Å². The molecule has 0 radical (unpaired) electrons. The summed E-state index contributed by atoms with van der Waals surface area (Å²) in [7, 11) is 1.91. The Labute approximate surface area is 171 Å². The third kappa shape index (κ3) is 4.40. The zero-order chi connectivity index (χ0) is 19.5. The molecule has 1 fully saturated rings. The fraction of sp³-hybridized carbons (Fsp3) is 0.348. The van der Waals surface area contributed by atoms with Gasteiger partial charge in [0, 0.05) is 36.1 Å². The van der Waals surface area contributed by atoms with Gasteiger partial charge >= 0.3 is 0 Å². The number of aromatic amines is 1. The molecule has 1 N–H and O–H groups in total. The molecule has 2 heterocycles. The largest absolute Gasteiger partial charge is 0.351 e. The standard InChI is InChI=1S/C23H26ClN3O/c1-26(23(28)22-14-19-6-2-3-8-21(19)25-22)15-17-9-11-27(12-10-17)16-18-5-4-7-20(24)13-18/h2-8,13-14,17,25H,9-12,15-16H2,1H3. The molecule has 28 heavy (non-hydrogen) atoms. The van der Waals surface area contributed by atoms with Gasteiger partial charge < -0.3 is 9.88 Å². The van der Waals surface area contributed by atoms with Crippen LogP contribution in [0.1, 0.15) is 28.9 Å². The highest BCUT2D eigenvalue weighted by Crippen LogP contribution is 2.22. The number of benzene rings is 2. The first-order chi connectivity index (χ1) is 13.6. The highest BCUT2D eigenvalue weighted by Gasteiger charge is 2.23. The molecular formula is C23H26ClN3O. The number of nitrogens with zero attached hydrogens (tertiary/aromatic N) is 2. The van der Waals surface area contributed by atoms with Crippen molar-refractivity contribution >= 4 is 28.4 Å². The molecule has 3 aromatic rings. The number of halogens is 1. The van der Waals surface area contributed by atoms with Gasteiger partial charge in [0.2, 0.25) is 0 Å². The van der Waals surface area contributed by atoms with Gasteiger partial charge in [-0.3, -0.25) is 9.69 Å². The summed E-state index contributed by atoms with van der Waals surface area (Å²) in [5, 5.41) is 1.87. The lowest BCUT2D eigenvalue weighted by Crippen LogP contribution is -2.39. The van der Waals surface area contributed by atoms with Crippen molar-refractivity contribution in [1.82, 2.24) is 14.8 Å². The summed E-state index contributed by atoms with van der Waals surface area (Å²) < 4.78 is 0. The minimum atomic E-state index is 0.0672. The van der Waals surface area contributed by atoms with Gasteiger partial charge in [0.15, 0.2) is 0 Å². The number of rotatable bonds is 5. The number of nitrogens with one attached hydrogen (secondary N) is 1. The molecule has 1 saturated heterocycles. The number of fused-ring (bicyclic) bond motifs is 1. The molecule has 146 valence electrons. The SMILES string of the molecule is CN(CC1CCN(Cc2cccc(Cl)c2)CC1)C(=O)c1cc2ccccc2[nH]1. The summed E-state index contributed by atoms with van der Waals surface area (Å²) in [5.41, 5.74) is 2.94. The number of para-hydroxylation sites is 1. The molecule has 4 nitrogen and oxygen atoms in total. The molecule has 0 bridgehead atoms. The number of hydrogen-bond acceptors (Lipinski definition) is 2. The molecule has 0 atom stereocenters. The van der Waals surface area contributed by atoms with Crippen LogP contribution in [0.25, 0.3) is 10.9 Å². The molecule has 0 saturated carbocycles. The highest BCUT2D eigenvalue weighted by molar-refractivity contribution is 6.30. The Morgan fingerprint density at radius 2 is 1.93 bits per heavy atom. The molecule has 0 unspecified atom stereocenters. The second kappa shape index (κ2) is 8.38. The summed E-state index contributed by atoms with van der Waals surface area (Å²) in [6.45, 7) is 3.87. The third-order valence-corrected chi connectivity index (χ3v) is 5.88. The smallest absolute Gasteiger partial charge is 0.270 e. The van der Waals surface area contributed by atoms with Crippen LogP contribution in [0.5, 0.6) is 0 Å². The Hall–Kier alpha value is -2.30. The van der Waals surface area contributed by atoms with Gasteiger partial charge in [0.1, 0.15) is 5.69 Å². The van der Waals surface area contributed by atoms with Crippen LogP contribution in [0, 0.1) is 5.92 Å². The third-order valence-electron chi connectivity index (χ3n) is 5.64. The molecule has 2 aromatic carbocycles. The lowest BCUT2D eigenvalue weighted by atomic mass is 9.96. The van der Waals surface area contributed by atoms with Crippen molar-refractivity contribution in [3.05, 3.63) is 70.9 Å². The number of aromatic nitrogens is 1. The molecule has 1 amide bonds. The van der Waals surface area contributed by atoms with E-state index >= 15 is 0 Å². The van der Waals surface area contributed by atoms with Crippen molar-refractivity contribution in [2.45, 2.75) is 19.4 Å². The van der Waals surface area contributed by atoms with E-state index in [0.29, 0.717) is 11.6 Å². The van der Waals surface area contributed by atoms with Crippen molar-refractivity contribution in [3.63, 3.8) is 0 Å². The summed E-state index contributed by atoms with van der Waals surface area (Å²) in [5.74, 6) is 0.617. The molecule has 5 heteroatoms. The number of amides is 1. The Kier molecular flexibility index (Phi) is 5.69. The van der Waals surface area contributed by atoms with Crippen molar-refractivity contribution in [2.75, 3.05) is 26.7 Å².